The molecule has 4 heteroatoms. The Labute approximate surface area is 130 Å². The minimum Gasteiger partial charge on any atom is -0.502 e. The average molecular weight is 300 g/mol. The molecule has 0 heterocycles. The van der Waals surface area contributed by atoms with Gasteiger partial charge < -0.3 is 14.9 Å². The van der Waals surface area contributed by atoms with Crippen LogP contribution in [0, 0.1) is 0 Å². The van der Waals surface area contributed by atoms with Crippen molar-refractivity contribution in [3.8, 4) is 0 Å². The van der Waals surface area contributed by atoms with E-state index in [1.807, 2.05) is 6.92 Å². The fourth-order valence-electron chi connectivity index (χ4n) is 1.89. The van der Waals surface area contributed by atoms with E-state index in [0.717, 1.165) is 6.61 Å². The summed E-state index contributed by atoms with van der Waals surface area (Å²) in [5, 5.41) is 19.7. The highest BCUT2D eigenvalue weighted by Gasteiger charge is 2.39. The summed E-state index contributed by atoms with van der Waals surface area (Å²) in [5.74, 6) is -1.28. The van der Waals surface area contributed by atoms with E-state index in [2.05, 4.69) is 11.3 Å². The maximum absolute atomic E-state index is 11.4. The summed E-state index contributed by atoms with van der Waals surface area (Å²) >= 11 is 0. The molecule has 0 saturated heterocycles. The molecule has 0 atom stereocenters. The van der Waals surface area contributed by atoms with Crippen LogP contribution in [0.1, 0.15) is 18.1 Å². The molecule has 0 spiro atoms. The SMILES string of the molecule is C=COCC.O=C(O)C(O)(c1ccccc1)c1ccccc1. The molecule has 0 unspecified atom stereocenters. The van der Waals surface area contributed by atoms with Crippen molar-refractivity contribution in [1.29, 1.82) is 0 Å². The Hall–Kier alpha value is -2.59. The van der Waals surface area contributed by atoms with Gasteiger partial charge >= 0.3 is 5.97 Å². The van der Waals surface area contributed by atoms with E-state index in [0.29, 0.717) is 11.1 Å². The fraction of sp³-hybridized carbons (Fsp3) is 0.167. The van der Waals surface area contributed by atoms with E-state index < -0.39 is 11.6 Å². The molecule has 0 aromatic heterocycles. The van der Waals surface area contributed by atoms with Crippen molar-refractivity contribution < 1.29 is 19.7 Å². The summed E-state index contributed by atoms with van der Waals surface area (Å²) in [6.07, 6.45) is 1.43. The number of carboxylic acid groups (broad SMARTS) is 1. The van der Waals surface area contributed by atoms with Gasteiger partial charge in [0.05, 0.1) is 12.9 Å². The predicted octanol–water partition coefficient (Wildman–Crippen LogP) is 3.17. The van der Waals surface area contributed by atoms with Crippen LogP contribution in [-0.2, 0) is 15.1 Å². The summed E-state index contributed by atoms with van der Waals surface area (Å²) in [6, 6.07) is 16.7. The smallest absolute Gasteiger partial charge is 0.345 e. The number of carboxylic acids is 1. The standard InChI is InChI=1S/C14H12O3.C4H8O/c15-13(16)14(17,11-7-3-1-4-8-11)12-9-5-2-6-10-12;1-3-5-4-2/h1-10,17H,(H,15,16);3H,1,4H2,2H3. The van der Waals surface area contributed by atoms with Gasteiger partial charge in [-0.15, -0.1) is 0 Å². The lowest BCUT2D eigenvalue weighted by Crippen LogP contribution is -2.36. The number of ether oxygens (including phenoxy) is 1. The van der Waals surface area contributed by atoms with Crippen LogP contribution in [-0.4, -0.2) is 22.8 Å². The maximum atomic E-state index is 11.4. The Balaban J connectivity index is 0.000000422. The molecule has 0 amide bonds. The molecule has 0 radical (unpaired) electrons. The molecule has 2 N–H and O–H groups in total. The summed E-state index contributed by atoms with van der Waals surface area (Å²) in [6.45, 7) is 5.97. The summed E-state index contributed by atoms with van der Waals surface area (Å²) in [5.41, 5.74) is -1.31. The van der Waals surface area contributed by atoms with Gasteiger partial charge in [0.1, 0.15) is 0 Å². The second kappa shape index (κ2) is 8.64. The molecule has 116 valence electrons. The maximum Gasteiger partial charge on any atom is 0.345 e. The van der Waals surface area contributed by atoms with E-state index in [1.54, 1.807) is 60.7 Å². The van der Waals surface area contributed by atoms with Crippen LogP contribution in [0.25, 0.3) is 0 Å². The molecule has 0 bridgehead atoms. The first-order valence-electron chi connectivity index (χ1n) is 6.86. The Morgan fingerprint density at radius 3 is 1.73 bits per heavy atom. The molecule has 2 aromatic rings. The second-order valence-electron chi connectivity index (χ2n) is 4.37. The Morgan fingerprint density at radius 2 is 1.50 bits per heavy atom. The first-order valence-corrected chi connectivity index (χ1v) is 6.86. The second-order valence-corrected chi connectivity index (χ2v) is 4.37. The number of hydrogen-bond donors (Lipinski definition) is 2. The van der Waals surface area contributed by atoms with Gasteiger partial charge in [0.15, 0.2) is 0 Å². The van der Waals surface area contributed by atoms with Crippen LogP contribution in [0.3, 0.4) is 0 Å². The van der Waals surface area contributed by atoms with Gasteiger partial charge in [-0.2, -0.15) is 0 Å². The zero-order valence-electron chi connectivity index (χ0n) is 12.5. The molecule has 2 rings (SSSR count). The first-order chi connectivity index (χ1) is 10.6. The molecule has 22 heavy (non-hydrogen) atoms. The van der Waals surface area contributed by atoms with Gasteiger partial charge in [-0.25, -0.2) is 4.79 Å². The average Bonchev–Trinajstić information content (AvgIpc) is 2.57. The Morgan fingerprint density at radius 1 is 1.09 bits per heavy atom. The Bertz CT molecular complexity index is 539. The topological polar surface area (TPSA) is 66.8 Å². The van der Waals surface area contributed by atoms with Gasteiger partial charge in [-0.05, 0) is 18.1 Å². The quantitative estimate of drug-likeness (QED) is 0.832. The number of aliphatic carboxylic acids is 1. The highest BCUT2D eigenvalue weighted by atomic mass is 16.5. The fourth-order valence-corrected chi connectivity index (χ4v) is 1.89. The molecule has 0 saturated carbocycles. The zero-order valence-corrected chi connectivity index (χ0v) is 12.5. The number of aliphatic hydroxyl groups is 1. The molecule has 0 aliphatic carbocycles. The molecule has 0 fully saturated rings. The molecule has 2 aromatic carbocycles. The first kappa shape index (κ1) is 17.5. The number of carbonyl (C=O) groups is 1. The van der Waals surface area contributed by atoms with Crippen molar-refractivity contribution in [1.82, 2.24) is 0 Å². The van der Waals surface area contributed by atoms with E-state index in [4.69, 9.17) is 0 Å². The normalized spacial score (nSPS) is 10.1. The molecule has 0 aliphatic rings. The lowest BCUT2D eigenvalue weighted by Gasteiger charge is -2.24. The minimum absolute atomic E-state index is 0.346. The van der Waals surface area contributed by atoms with Gasteiger partial charge in [-0.3, -0.25) is 0 Å². The van der Waals surface area contributed by atoms with Crippen LogP contribution in [0.15, 0.2) is 73.5 Å². The van der Waals surface area contributed by atoms with Crippen molar-refractivity contribution in [2.45, 2.75) is 12.5 Å². The highest BCUT2D eigenvalue weighted by Crippen LogP contribution is 2.29. The van der Waals surface area contributed by atoms with E-state index in [-0.39, 0.29) is 0 Å². The lowest BCUT2D eigenvalue weighted by molar-refractivity contribution is -0.155. The van der Waals surface area contributed by atoms with Crippen LogP contribution >= 0.6 is 0 Å². The van der Waals surface area contributed by atoms with E-state index in [9.17, 15) is 15.0 Å². The monoisotopic (exact) mass is 300 g/mol. The summed E-state index contributed by atoms with van der Waals surface area (Å²) in [4.78, 5) is 11.4. The van der Waals surface area contributed by atoms with Gasteiger partial charge in [-0.1, -0.05) is 67.2 Å². The van der Waals surface area contributed by atoms with Crippen molar-refractivity contribution in [3.05, 3.63) is 84.6 Å². The molecule has 0 aliphatic heterocycles. The lowest BCUT2D eigenvalue weighted by atomic mass is 9.86. The Kier molecular flexibility index (Phi) is 6.86. The van der Waals surface area contributed by atoms with Crippen LogP contribution in [0.2, 0.25) is 0 Å². The van der Waals surface area contributed by atoms with Gasteiger partial charge in [0.2, 0.25) is 5.60 Å². The van der Waals surface area contributed by atoms with Crippen molar-refractivity contribution in [2.24, 2.45) is 0 Å². The number of rotatable bonds is 5. The number of benzene rings is 2. The van der Waals surface area contributed by atoms with Gasteiger partial charge in [0, 0.05) is 0 Å². The minimum atomic E-state index is -2.00. The van der Waals surface area contributed by atoms with Crippen LogP contribution in [0.4, 0.5) is 0 Å². The molecule has 4 nitrogen and oxygen atoms in total. The van der Waals surface area contributed by atoms with E-state index >= 15 is 0 Å². The largest absolute Gasteiger partial charge is 0.502 e. The molecular weight excluding hydrogens is 280 g/mol. The van der Waals surface area contributed by atoms with Crippen molar-refractivity contribution >= 4 is 5.97 Å². The summed E-state index contributed by atoms with van der Waals surface area (Å²) < 4.78 is 4.60. The third-order valence-electron chi connectivity index (χ3n) is 2.98. The third kappa shape index (κ3) is 4.20. The number of hydrogen-bond acceptors (Lipinski definition) is 3. The third-order valence-corrected chi connectivity index (χ3v) is 2.98. The highest BCUT2D eigenvalue weighted by molar-refractivity contribution is 5.83. The van der Waals surface area contributed by atoms with Crippen LogP contribution < -0.4 is 0 Å². The predicted molar refractivity (Wildman–Crippen MR) is 85.3 cm³/mol. The summed E-state index contributed by atoms with van der Waals surface area (Å²) in [7, 11) is 0. The van der Waals surface area contributed by atoms with Gasteiger partial charge in [0.25, 0.3) is 0 Å². The van der Waals surface area contributed by atoms with Crippen molar-refractivity contribution in [2.75, 3.05) is 6.61 Å². The van der Waals surface area contributed by atoms with Crippen LogP contribution in [0.5, 0.6) is 0 Å². The van der Waals surface area contributed by atoms with E-state index in [1.165, 1.54) is 6.26 Å². The molecular formula is C18H20O4. The van der Waals surface area contributed by atoms with Crippen molar-refractivity contribution in [3.63, 3.8) is 0 Å². The zero-order chi connectivity index (χ0) is 16.4.